The van der Waals surface area contributed by atoms with Gasteiger partial charge in [0.1, 0.15) is 0 Å². The summed E-state index contributed by atoms with van der Waals surface area (Å²) in [5, 5.41) is 0. The first-order valence-corrected chi connectivity index (χ1v) is 12.8. The zero-order chi connectivity index (χ0) is 19.8. The van der Waals surface area contributed by atoms with Crippen molar-refractivity contribution in [3.63, 3.8) is 0 Å². The van der Waals surface area contributed by atoms with E-state index in [1.165, 1.54) is 0 Å². The molecule has 3 heterocycles. The minimum absolute atomic E-state index is 0.208. The zero-order valence-corrected chi connectivity index (χ0v) is 17.3. The van der Waals surface area contributed by atoms with Gasteiger partial charge in [-0.1, -0.05) is 0 Å². The van der Waals surface area contributed by atoms with Crippen LogP contribution in [-0.4, -0.2) is 74.3 Å². The SMILES string of the molecule is O=S1(=O)CCN(C2CCN(S(=O)(=O)c3ccc(-n4cccc4)cc3)CC2)CC1. The molecule has 0 aliphatic carbocycles. The Bertz CT molecular complexity index is 994. The number of hydrogen-bond acceptors (Lipinski definition) is 5. The van der Waals surface area contributed by atoms with E-state index in [-0.39, 0.29) is 17.5 Å². The first kappa shape index (κ1) is 19.6. The number of rotatable bonds is 4. The third-order valence-electron chi connectivity index (χ3n) is 5.70. The van der Waals surface area contributed by atoms with Crippen molar-refractivity contribution in [3.8, 4) is 5.69 Å². The summed E-state index contributed by atoms with van der Waals surface area (Å²) in [5.41, 5.74) is 0.919. The van der Waals surface area contributed by atoms with Crippen molar-refractivity contribution < 1.29 is 16.8 Å². The Morgan fingerprint density at radius 3 is 2.00 bits per heavy atom. The molecule has 0 amide bonds. The Kier molecular flexibility index (Phi) is 5.34. The van der Waals surface area contributed by atoms with E-state index in [0.29, 0.717) is 31.1 Å². The highest BCUT2D eigenvalue weighted by atomic mass is 32.2. The van der Waals surface area contributed by atoms with Gasteiger partial charge in [0.05, 0.1) is 16.4 Å². The van der Waals surface area contributed by atoms with Crippen LogP contribution >= 0.6 is 0 Å². The molecule has 2 aliphatic heterocycles. The monoisotopic (exact) mass is 423 g/mol. The third-order valence-corrected chi connectivity index (χ3v) is 9.22. The van der Waals surface area contributed by atoms with Gasteiger partial charge in [0, 0.05) is 50.3 Å². The van der Waals surface area contributed by atoms with Crippen LogP contribution in [0.15, 0.2) is 53.7 Å². The highest BCUT2D eigenvalue weighted by Crippen LogP contribution is 2.25. The first-order chi connectivity index (χ1) is 13.4. The Labute approximate surface area is 166 Å². The standard InChI is InChI=1S/C19H25N3O4S2/c23-27(24)15-13-21(14-16-27)18-7-11-22(12-8-18)28(25,26)19-5-3-17(4-6-19)20-9-1-2-10-20/h1-6,9-10,18H,7-8,11-16H2. The molecule has 9 heteroatoms. The van der Waals surface area contributed by atoms with Crippen LogP contribution in [0.1, 0.15) is 12.8 Å². The average Bonchev–Trinajstić information content (AvgIpc) is 3.23. The highest BCUT2D eigenvalue weighted by Gasteiger charge is 2.33. The molecule has 4 rings (SSSR count). The molecule has 0 spiro atoms. The van der Waals surface area contributed by atoms with Gasteiger partial charge >= 0.3 is 0 Å². The molecule has 28 heavy (non-hydrogen) atoms. The van der Waals surface area contributed by atoms with Crippen LogP contribution in [-0.2, 0) is 19.9 Å². The zero-order valence-electron chi connectivity index (χ0n) is 15.6. The molecule has 2 aliphatic rings. The van der Waals surface area contributed by atoms with Crippen molar-refractivity contribution >= 4 is 19.9 Å². The molecule has 2 aromatic rings. The normalized spacial score (nSPS) is 22.3. The number of nitrogens with zero attached hydrogens (tertiary/aromatic N) is 3. The Balaban J connectivity index is 1.39. The molecule has 7 nitrogen and oxygen atoms in total. The summed E-state index contributed by atoms with van der Waals surface area (Å²) < 4.78 is 52.6. The van der Waals surface area contributed by atoms with E-state index in [1.807, 2.05) is 41.2 Å². The van der Waals surface area contributed by atoms with Gasteiger partial charge in [-0.3, -0.25) is 4.90 Å². The molecule has 2 fully saturated rings. The summed E-state index contributed by atoms with van der Waals surface area (Å²) in [4.78, 5) is 2.52. The van der Waals surface area contributed by atoms with Gasteiger partial charge in [0.2, 0.25) is 10.0 Å². The maximum absolute atomic E-state index is 13.0. The summed E-state index contributed by atoms with van der Waals surface area (Å²) in [5.74, 6) is 0.415. The number of hydrogen-bond donors (Lipinski definition) is 0. The summed E-state index contributed by atoms with van der Waals surface area (Å²) in [7, 11) is -6.40. The molecule has 0 saturated carbocycles. The van der Waals surface area contributed by atoms with Gasteiger partial charge in [-0.25, -0.2) is 16.8 Å². The number of sulfonamides is 1. The predicted octanol–water partition coefficient (Wildman–Crippen LogP) is 1.36. The molecule has 0 radical (unpaired) electrons. The van der Waals surface area contributed by atoms with E-state index >= 15 is 0 Å². The van der Waals surface area contributed by atoms with Gasteiger partial charge in [0.15, 0.2) is 9.84 Å². The van der Waals surface area contributed by atoms with Gasteiger partial charge in [-0.15, -0.1) is 0 Å². The largest absolute Gasteiger partial charge is 0.324 e. The first-order valence-electron chi connectivity index (χ1n) is 9.53. The van der Waals surface area contributed by atoms with E-state index in [2.05, 4.69) is 4.90 Å². The molecular weight excluding hydrogens is 398 g/mol. The van der Waals surface area contributed by atoms with Crippen LogP contribution < -0.4 is 0 Å². The van der Waals surface area contributed by atoms with E-state index in [4.69, 9.17) is 0 Å². The fourth-order valence-electron chi connectivity index (χ4n) is 3.99. The lowest BCUT2D eigenvalue weighted by Crippen LogP contribution is -2.51. The summed E-state index contributed by atoms with van der Waals surface area (Å²) >= 11 is 0. The summed E-state index contributed by atoms with van der Waals surface area (Å²) in [6.07, 6.45) is 5.31. The minimum Gasteiger partial charge on any atom is -0.324 e. The van der Waals surface area contributed by atoms with Crippen molar-refractivity contribution in [1.82, 2.24) is 13.8 Å². The maximum Gasteiger partial charge on any atom is 0.243 e. The van der Waals surface area contributed by atoms with Gasteiger partial charge < -0.3 is 4.57 Å². The van der Waals surface area contributed by atoms with Gasteiger partial charge in [-0.2, -0.15) is 4.31 Å². The van der Waals surface area contributed by atoms with Crippen molar-refractivity contribution in [2.75, 3.05) is 37.7 Å². The molecule has 2 saturated heterocycles. The van der Waals surface area contributed by atoms with Crippen LogP contribution in [0.5, 0.6) is 0 Å². The number of benzene rings is 1. The van der Waals surface area contributed by atoms with Gasteiger partial charge in [-0.05, 0) is 49.2 Å². The molecule has 1 aromatic carbocycles. The fraction of sp³-hybridized carbons (Fsp3) is 0.474. The maximum atomic E-state index is 13.0. The molecule has 0 atom stereocenters. The number of sulfone groups is 1. The van der Waals surface area contributed by atoms with E-state index in [0.717, 1.165) is 18.5 Å². The molecular formula is C19H25N3O4S2. The highest BCUT2D eigenvalue weighted by molar-refractivity contribution is 7.91. The number of aromatic nitrogens is 1. The predicted molar refractivity (Wildman–Crippen MR) is 108 cm³/mol. The quantitative estimate of drug-likeness (QED) is 0.742. The van der Waals surface area contributed by atoms with Gasteiger partial charge in [0.25, 0.3) is 0 Å². The second-order valence-corrected chi connectivity index (χ2v) is 11.6. The lowest BCUT2D eigenvalue weighted by molar-refractivity contribution is 0.149. The molecule has 0 N–H and O–H groups in total. The van der Waals surface area contributed by atoms with Crippen molar-refractivity contribution in [3.05, 3.63) is 48.8 Å². The number of piperidine rings is 1. The minimum atomic E-state index is -3.51. The van der Waals surface area contributed by atoms with Crippen molar-refractivity contribution in [1.29, 1.82) is 0 Å². The van der Waals surface area contributed by atoms with Crippen LogP contribution in [0.4, 0.5) is 0 Å². The van der Waals surface area contributed by atoms with Crippen molar-refractivity contribution in [2.24, 2.45) is 0 Å². The second-order valence-electron chi connectivity index (χ2n) is 7.41. The lowest BCUT2D eigenvalue weighted by Gasteiger charge is -2.39. The third kappa shape index (κ3) is 4.03. The van der Waals surface area contributed by atoms with Crippen molar-refractivity contribution in [2.45, 2.75) is 23.8 Å². The second kappa shape index (κ2) is 7.62. The topological polar surface area (TPSA) is 79.7 Å². The lowest BCUT2D eigenvalue weighted by atomic mass is 10.0. The van der Waals surface area contributed by atoms with Crippen LogP contribution in [0.2, 0.25) is 0 Å². The molecule has 0 bridgehead atoms. The average molecular weight is 424 g/mol. The smallest absolute Gasteiger partial charge is 0.243 e. The Morgan fingerprint density at radius 2 is 1.43 bits per heavy atom. The van der Waals surface area contributed by atoms with Crippen LogP contribution in [0.3, 0.4) is 0 Å². The van der Waals surface area contributed by atoms with E-state index < -0.39 is 19.9 Å². The Morgan fingerprint density at radius 1 is 0.857 bits per heavy atom. The molecule has 152 valence electrons. The Hall–Kier alpha value is -1.68. The van der Waals surface area contributed by atoms with E-state index in [1.54, 1.807) is 16.4 Å². The van der Waals surface area contributed by atoms with Crippen LogP contribution in [0.25, 0.3) is 5.69 Å². The fourth-order valence-corrected chi connectivity index (χ4v) is 6.68. The summed E-state index contributed by atoms with van der Waals surface area (Å²) in [6.45, 7) is 2.05. The molecule has 1 aromatic heterocycles. The summed E-state index contributed by atoms with van der Waals surface area (Å²) in [6, 6.07) is 11.1. The van der Waals surface area contributed by atoms with Crippen LogP contribution in [0, 0.1) is 0 Å². The van der Waals surface area contributed by atoms with E-state index in [9.17, 15) is 16.8 Å². The molecule has 0 unspecified atom stereocenters.